The number of amides is 3. The van der Waals surface area contributed by atoms with Crippen molar-refractivity contribution in [2.24, 2.45) is 5.73 Å². The van der Waals surface area contributed by atoms with Crippen molar-refractivity contribution >= 4 is 46.3 Å². The number of primary amides is 1. The molecule has 24 heavy (non-hydrogen) atoms. The summed E-state index contributed by atoms with van der Waals surface area (Å²) in [6.07, 6.45) is 0. The molecule has 0 radical (unpaired) electrons. The van der Waals surface area contributed by atoms with E-state index in [-0.39, 0.29) is 5.69 Å². The number of imide groups is 1. The van der Waals surface area contributed by atoms with Gasteiger partial charge in [-0.1, -0.05) is 22.9 Å². The molecule has 0 bridgehead atoms. The minimum Gasteiger partial charge on any atom is -0.484 e. The van der Waals surface area contributed by atoms with E-state index < -0.39 is 23.6 Å². The molecule has 0 saturated carbocycles. The van der Waals surface area contributed by atoms with Crippen LogP contribution < -0.4 is 15.4 Å². The van der Waals surface area contributed by atoms with E-state index in [0.29, 0.717) is 27.1 Å². The molecule has 2 aromatic rings. The molecule has 3 amide bonds. The van der Waals surface area contributed by atoms with Crippen molar-refractivity contribution in [3.63, 3.8) is 0 Å². The number of hydrogen-bond donors (Lipinski definition) is 1. The van der Waals surface area contributed by atoms with Gasteiger partial charge in [-0.15, -0.1) is 0 Å². The van der Waals surface area contributed by atoms with E-state index in [1.54, 1.807) is 12.1 Å². The summed E-state index contributed by atoms with van der Waals surface area (Å²) in [5.41, 5.74) is 5.96. The predicted octanol–water partition coefficient (Wildman–Crippen LogP) is 3.19. The maximum atomic E-state index is 12.8. The molecule has 1 unspecified atom stereocenters. The lowest BCUT2D eigenvalue weighted by Gasteiger charge is -2.12. The fraction of sp³-hybridized carbons (Fsp3) is 0.188. The highest BCUT2D eigenvalue weighted by Crippen LogP contribution is 2.41. The summed E-state index contributed by atoms with van der Waals surface area (Å²) in [4.78, 5) is 38.2. The molecule has 0 saturated heterocycles. The zero-order valence-electron chi connectivity index (χ0n) is 12.6. The first-order valence-corrected chi connectivity index (χ1v) is 8.33. The Hall–Kier alpha value is -2.38. The molecule has 0 spiro atoms. The average molecular weight is 365 g/mol. The van der Waals surface area contributed by atoms with Crippen LogP contribution in [0.4, 0.5) is 10.5 Å². The van der Waals surface area contributed by atoms with Gasteiger partial charge in [0.15, 0.2) is 10.8 Å². The lowest BCUT2D eigenvalue weighted by atomic mass is 9.95. The predicted molar refractivity (Wildman–Crippen MR) is 91.1 cm³/mol. The number of nitrogens with zero attached hydrogens (tertiary/aromatic N) is 1. The van der Waals surface area contributed by atoms with Crippen LogP contribution in [0.1, 0.15) is 28.1 Å². The number of carbonyl (C=O) groups excluding carboxylic acids is 3. The van der Waals surface area contributed by atoms with Gasteiger partial charge < -0.3 is 10.5 Å². The first kappa shape index (κ1) is 16.5. The molecule has 2 heterocycles. The van der Waals surface area contributed by atoms with Gasteiger partial charge in [-0.25, -0.2) is 9.69 Å². The first-order chi connectivity index (χ1) is 11.4. The molecule has 1 aromatic carbocycles. The molecule has 0 fully saturated rings. The number of carbonyl (C=O) groups is 3. The second-order valence-corrected chi connectivity index (χ2v) is 6.55. The van der Waals surface area contributed by atoms with E-state index in [1.165, 1.54) is 18.2 Å². The van der Waals surface area contributed by atoms with Gasteiger partial charge in [-0.2, -0.15) is 0 Å². The van der Waals surface area contributed by atoms with Gasteiger partial charge >= 0.3 is 6.03 Å². The van der Waals surface area contributed by atoms with Crippen LogP contribution >= 0.6 is 22.9 Å². The number of rotatable bonds is 4. The second kappa shape index (κ2) is 6.26. The van der Waals surface area contributed by atoms with E-state index in [1.807, 2.05) is 6.92 Å². The smallest absolute Gasteiger partial charge is 0.326 e. The molecule has 3 rings (SSSR count). The maximum absolute atomic E-state index is 12.8. The Kier molecular flexibility index (Phi) is 4.29. The molecular formula is C16H13ClN2O4S. The Morgan fingerprint density at radius 2 is 2.08 bits per heavy atom. The number of benzene rings is 1. The number of hydrogen-bond acceptors (Lipinski definition) is 5. The molecule has 1 atom stereocenters. The van der Waals surface area contributed by atoms with E-state index in [0.717, 1.165) is 16.2 Å². The number of urea groups is 1. The highest BCUT2D eigenvalue weighted by atomic mass is 35.5. The molecule has 2 N–H and O–H groups in total. The minimum absolute atomic E-state index is 0.289. The summed E-state index contributed by atoms with van der Waals surface area (Å²) in [5.74, 6) is -2.22. The molecule has 1 aliphatic heterocycles. The van der Waals surface area contributed by atoms with Crippen LogP contribution in [0.2, 0.25) is 5.02 Å². The average Bonchev–Trinajstić information content (AvgIpc) is 3.08. The van der Waals surface area contributed by atoms with Gasteiger partial charge in [0.05, 0.1) is 17.2 Å². The van der Waals surface area contributed by atoms with E-state index in [2.05, 4.69) is 0 Å². The fourth-order valence-corrected chi connectivity index (χ4v) is 3.70. The number of Topliss-reactive ketones (excluding diaryl/α,β-unsaturated/α-hetero) is 1. The van der Waals surface area contributed by atoms with Crippen LogP contribution in [0.5, 0.6) is 5.06 Å². The van der Waals surface area contributed by atoms with Crippen molar-refractivity contribution in [2.45, 2.75) is 12.8 Å². The van der Waals surface area contributed by atoms with Gasteiger partial charge in [0.1, 0.15) is 5.92 Å². The molecular weight excluding hydrogens is 352 g/mol. The molecule has 1 aromatic heterocycles. The summed E-state index contributed by atoms with van der Waals surface area (Å²) in [7, 11) is 0. The number of ketones is 1. The Balaban J connectivity index is 2.03. The number of ether oxygens (including phenoxy) is 1. The maximum Gasteiger partial charge on any atom is 0.326 e. The van der Waals surface area contributed by atoms with Crippen molar-refractivity contribution < 1.29 is 19.1 Å². The third-order valence-electron chi connectivity index (χ3n) is 3.60. The topological polar surface area (TPSA) is 89.7 Å². The van der Waals surface area contributed by atoms with Gasteiger partial charge in [0, 0.05) is 5.02 Å². The van der Waals surface area contributed by atoms with Crippen LogP contribution in [0.25, 0.3) is 0 Å². The standard InChI is InChI=1S/C16H13ClN2O4S/c1-2-23-12-6-5-11(24-12)14(20)13-9-7-8(17)3-4-10(9)19(15(13)21)16(18)22/h3-7,13H,2H2,1H3,(H2,18,22). The molecule has 1 aliphatic rings. The number of thiophene rings is 1. The van der Waals surface area contributed by atoms with E-state index >= 15 is 0 Å². The zero-order valence-corrected chi connectivity index (χ0v) is 14.2. The molecule has 8 heteroatoms. The SMILES string of the molecule is CCOc1ccc(C(=O)C2C(=O)N(C(N)=O)c3ccc(Cl)cc32)s1. The number of nitrogens with two attached hydrogens (primary N) is 1. The normalized spacial score (nSPS) is 16.2. The van der Waals surface area contributed by atoms with Crippen LogP contribution in [0.15, 0.2) is 30.3 Å². The number of fused-ring (bicyclic) bond motifs is 1. The number of halogens is 1. The summed E-state index contributed by atoms with van der Waals surface area (Å²) in [5, 5.41) is 0.955. The van der Waals surface area contributed by atoms with Gasteiger partial charge in [0.25, 0.3) is 5.91 Å². The Morgan fingerprint density at radius 1 is 1.33 bits per heavy atom. The van der Waals surface area contributed by atoms with Crippen molar-refractivity contribution in [3.8, 4) is 5.06 Å². The van der Waals surface area contributed by atoms with Crippen molar-refractivity contribution in [1.29, 1.82) is 0 Å². The third-order valence-corrected chi connectivity index (χ3v) is 4.85. The monoisotopic (exact) mass is 364 g/mol. The minimum atomic E-state index is -1.14. The van der Waals surface area contributed by atoms with Crippen LogP contribution in [0, 0.1) is 0 Å². The summed E-state index contributed by atoms with van der Waals surface area (Å²) in [6, 6.07) is 6.90. The largest absolute Gasteiger partial charge is 0.484 e. The van der Waals surface area contributed by atoms with Crippen molar-refractivity contribution in [2.75, 3.05) is 11.5 Å². The Labute approximate surface area is 146 Å². The van der Waals surface area contributed by atoms with E-state index in [4.69, 9.17) is 22.1 Å². The highest BCUT2D eigenvalue weighted by Gasteiger charge is 2.44. The van der Waals surface area contributed by atoms with Crippen molar-refractivity contribution in [3.05, 3.63) is 45.8 Å². The Bertz CT molecular complexity index is 848. The quantitative estimate of drug-likeness (QED) is 0.666. The highest BCUT2D eigenvalue weighted by molar-refractivity contribution is 7.15. The summed E-state index contributed by atoms with van der Waals surface area (Å²) < 4.78 is 5.35. The van der Waals surface area contributed by atoms with Crippen LogP contribution in [-0.4, -0.2) is 24.3 Å². The third kappa shape index (κ3) is 2.65. The summed E-state index contributed by atoms with van der Waals surface area (Å²) >= 11 is 7.14. The zero-order chi connectivity index (χ0) is 17.4. The van der Waals surface area contributed by atoms with E-state index in [9.17, 15) is 14.4 Å². The first-order valence-electron chi connectivity index (χ1n) is 7.13. The molecule has 0 aliphatic carbocycles. The lowest BCUT2D eigenvalue weighted by Crippen LogP contribution is -2.40. The molecule has 124 valence electrons. The lowest BCUT2D eigenvalue weighted by molar-refractivity contribution is -0.117. The number of anilines is 1. The van der Waals surface area contributed by atoms with Gasteiger partial charge in [-0.3, -0.25) is 9.59 Å². The van der Waals surface area contributed by atoms with Crippen LogP contribution in [-0.2, 0) is 4.79 Å². The van der Waals surface area contributed by atoms with Gasteiger partial charge in [-0.05, 0) is 42.8 Å². The fourth-order valence-electron chi connectivity index (χ4n) is 2.64. The van der Waals surface area contributed by atoms with Crippen LogP contribution in [0.3, 0.4) is 0 Å². The van der Waals surface area contributed by atoms with Crippen molar-refractivity contribution in [1.82, 2.24) is 0 Å². The summed E-state index contributed by atoms with van der Waals surface area (Å²) in [6.45, 7) is 2.31. The van der Waals surface area contributed by atoms with Gasteiger partial charge in [0.2, 0.25) is 0 Å². The second-order valence-electron chi connectivity index (χ2n) is 5.06. The molecule has 6 nitrogen and oxygen atoms in total. The Morgan fingerprint density at radius 3 is 2.75 bits per heavy atom.